The zero-order valence-electron chi connectivity index (χ0n) is 14.0. The van der Waals surface area contributed by atoms with Crippen LogP contribution in [0.25, 0.3) is 0 Å². The molecule has 2 nitrogen and oxygen atoms in total. The molecule has 1 unspecified atom stereocenters. The Balaban J connectivity index is 3.80. The van der Waals surface area contributed by atoms with E-state index in [0.29, 0.717) is 0 Å². The first kappa shape index (κ1) is 19.2. The summed E-state index contributed by atoms with van der Waals surface area (Å²) in [6.45, 7) is 8.24. The van der Waals surface area contributed by atoms with Gasteiger partial charge in [0.2, 0.25) is 0 Å². The van der Waals surface area contributed by atoms with Gasteiger partial charge in [-0.3, -0.25) is 0 Å². The van der Waals surface area contributed by atoms with Gasteiger partial charge in [-0.05, 0) is 33.1 Å². The Morgan fingerprint density at radius 1 is 0.900 bits per heavy atom. The lowest BCUT2D eigenvalue weighted by Gasteiger charge is -2.16. The molecule has 0 fully saturated rings. The molecular formula is C18H34O2. The van der Waals surface area contributed by atoms with Crippen molar-refractivity contribution in [3.8, 4) is 0 Å². The summed E-state index contributed by atoms with van der Waals surface area (Å²) >= 11 is 0. The maximum absolute atomic E-state index is 11.6. The highest BCUT2D eigenvalue weighted by molar-refractivity contribution is 5.82. The molecule has 0 rings (SSSR count). The van der Waals surface area contributed by atoms with Crippen LogP contribution < -0.4 is 0 Å². The lowest BCUT2D eigenvalue weighted by Crippen LogP contribution is -2.17. The minimum absolute atomic E-state index is 0.110. The molecule has 0 aliphatic carbocycles. The highest BCUT2D eigenvalue weighted by Gasteiger charge is 2.11. The van der Waals surface area contributed by atoms with Gasteiger partial charge in [0.25, 0.3) is 0 Å². The Labute approximate surface area is 126 Å². The van der Waals surface area contributed by atoms with E-state index in [0.717, 1.165) is 24.8 Å². The molecule has 20 heavy (non-hydrogen) atoms. The fraction of sp³-hybridized carbons (Fsp3) is 0.833. The molecule has 0 N–H and O–H groups in total. The van der Waals surface area contributed by atoms with Gasteiger partial charge in [0.1, 0.15) is 6.10 Å². The van der Waals surface area contributed by atoms with Gasteiger partial charge in [0.05, 0.1) is 0 Å². The quantitative estimate of drug-likeness (QED) is 0.257. The van der Waals surface area contributed by atoms with E-state index in [4.69, 9.17) is 4.74 Å². The Bertz CT molecular complexity index is 265. The maximum atomic E-state index is 11.6. The molecule has 0 amide bonds. The van der Waals surface area contributed by atoms with Gasteiger partial charge in [0.15, 0.2) is 0 Å². The van der Waals surface area contributed by atoms with Gasteiger partial charge in [-0.2, -0.15) is 0 Å². The summed E-state index contributed by atoms with van der Waals surface area (Å²) in [5.41, 5.74) is 1.00. The van der Waals surface area contributed by atoms with Crippen LogP contribution in [0.1, 0.15) is 91.9 Å². The Hall–Kier alpha value is -0.790. The third kappa shape index (κ3) is 12.3. The maximum Gasteiger partial charge on any atom is 0.330 e. The summed E-state index contributed by atoms with van der Waals surface area (Å²) in [6.07, 6.45) is 13.9. The molecule has 2 heteroatoms. The molecular weight excluding hydrogens is 248 g/mol. The number of esters is 1. The van der Waals surface area contributed by atoms with Crippen LogP contribution in [-0.4, -0.2) is 12.1 Å². The van der Waals surface area contributed by atoms with Crippen molar-refractivity contribution in [1.82, 2.24) is 0 Å². The van der Waals surface area contributed by atoms with Crippen molar-refractivity contribution in [3.05, 3.63) is 11.6 Å². The molecule has 0 radical (unpaired) electrons. The lowest BCUT2D eigenvalue weighted by molar-refractivity contribution is -0.143. The van der Waals surface area contributed by atoms with Crippen LogP contribution in [0.3, 0.4) is 0 Å². The zero-order chi connectivity index (χ0) is 15.2. The summed E-state index contributed by atoms with van der Waals surface area (Å²) in [6, 6.07) is 0. The molecule has 0 aromatic carbocycles. The zero-order valence-corrected chi connectivity index (χ0v) is 14.0. The van der Waals surface area contributed by atoms with Crippen molar-refractivity contribution in [1.29, 1.82) is 0 Å². The minimum Gasteiger partial charge on any atom is -0.459 e. The predicted molar refractivity (Wildman–Crippen MR) is 86.8 cm³/mol. The average Bonchev–Trinajstić information content (AvgIpc) is 2.36. The number of unbranched alkanes of at least 4 members (excludes halogenated alkanes) is 6. The van der Waals surface area contributed by atoms with E-state index in [1.807, 2.05) is 13.8 Å². The Morgan fingerprint density at radius 3 is 2.05 bits per heavy atom. The summed E-state index contributed by atoms with van der Waals surface area (Å²) in [4.78, 5) is 11.6. The van der Waals surface area contributed by atoms with Crippen molar-refractivity contribution in [2.75, 3.05) is 0 Å². The van der Waals surface area contributed by atoms with Gasteiger partial charge in [0, 0.05) is 6.08 Å². The molecule has 0 bridgehead atoms. The molecule has 1 atom stereocenters. The highest BCUT2D eigenvalue weighted by Crippen LogP contribution is 2.15. The van der Waals surface area contributed by atoms with Gasteiger partial charge in [-0.15, -0.1) is 0 Å². The van der Waals surface area contributed by atoms with E-state index in [1.54, 1.807) is 6.08 Å². The SMILES string of the molecule is CCCCCCCCCC(CCC)OC(=O)C=C(C)C. The predicted octanol–water partition coefficient (Wildman–Crippen LogP) is 5.81. The summed E-state index contributed by atoms with van der Waals surface area (Å²) in [7, 11) is 0. The highest BCUT2D eigenvalue weighted by atomic mass is 16.5. The Kier molecular flexibility index (Phi) is 12.7. The number of carbonyl (C=O) groups excluding carboxylic acids is 1. The van der Waals surface area contributed by atoms with Crippen LogP contribution in [0, 0.1) is 0 Å². The molecule has 0 aliphatic rings. The third-order valence-electron chi connectivity index (χ3n) is 3.43. The molecule has 0 heterocycles. The first-order chi connectivity index (χ1) is 9.60. The van der Waals surface area contributed by atoms with E-state index in [9.17, 15) is 4.79 Å². The van der Waals surface area contributed by atoms with Gasteiger partial charge in [-0.1, -0.05) is 64.4 Å². The van der Waals surface area contributed by atoms with Crippen molar-refractivity contribution in [2.45, 2.75) is 98.0 Å². The summed E-state index contributed by atoms with van der Waals surface area (Å²) in [5, 5.41) is 0. The minimum atomic E-state index is -0.175. The van der Waals surface area contributed by atoms with Crippen molar-refractivity contribution in [3.63, 3.8) is 0 Å². The van der Waals surface area contributed by atoms with Gasteiger partial charge >= 0.3 is 5.97 Å². The number of hydrogen-bond donors (Lipinski definition) is 0. The molecule has 0 saturated heterocycles. The first-order valence-electron chi connectivity index (χ1n) is 8.45. The molecule has 0 spiro atoms. The van der Waals surface area contributed by atoms with Crippen LogP contribution in [0.2, 0.25) is 0 Å². The second-order valence-electron chi connectivity index (χ2n) is 5.98. The van der Waals surface area contributed by atoms with Crippen LogP contribution in [0.4, 0.5) is 0 Å². The smallest absolute Gasteiger partial charge is 0.330 e. The summed E-state index contributed by atoms with van der Waals surface area (Å²) < 4.78 is 5.53. The normalized spacial score (nSPS) is 12.0. The average molecular weight is 282 g/mol. The van der Waals surface area contributed by atoms with Gasteiger partial charge in [-0.25, -0.2) is 4.79 Å². The fourth-order valence-corrected chi connectivity index (χ4v) is 2.35. The van der Waals surface area contributed by atoms with Crippen LogP contribution in [0.15, 0.2) is 11.6 Å². The molecule has 0 aromatic heterocycles. The van der Waals surface area contributed by atoms with E-state index < -0.39 is 0 Å². The van der Waals surface area contributed by atoms with Gasteiger partial charge < -0.3 is 4.74 Å². The van der Waals surface area contributed by atoms with Crippen molar-refractivity contribution >= 4 is 5.97 Å². The monoisotopic (exact) mass is 282 g/mol. The second kappa shape index (κ2) is 13.2. The number of hydrogen-bond acceptors (Lipinski definition) is 2. The summed E-state index contributed by atoms with van der Waals surface area (Å²) in [5.74, 6) is -0.175. The molecule has 0 aromatic rings. The fourth-order valence-electron chi connectivity index (χ4n) is 2.35. The molecule has 0 saturated carbocycles. The third-order valence-corrected chi connectivity index (χ3v) is 3.43. The van der Waals surface area contributed by atoms with Crippen LogP contribution in [0.5, 0.6) is 0 Å². The number of rotatable bonds is 12. The largest absolute Gasteiger partial charge is 0.459 e. The number of allylic oxidation sites excluding steroid dienone is 1. The van der Waals surface area contributed by atoms with Crippen LogP contribution in [-0.2, 0) is 9.53 Å². The number of carbonyl (C=O) groups is 1. The first-order valence-corrected chi connectivity index (χ1v) is 8.45. The second-order valence-corrected chi connectivity index (χ2v) is 5.98. The standard InChI is InChI=1S/C18H34O2/c1-5-7-8-9-10-11-12-14-17(13-6-2)20-18(19)15-16(3)4/h15,17H,5-14H2,1-4H3. The topological polar surface area (TPSA) is 26.3 Å². The molecule has 118 valence electrons. The van der Waals surface area contributed by atoms with E-state index in [-0.39, 0.29) is 12.1 Å². The number of ether oxygens (including phenoxy) is 1. The van der Waals surface area contributed by atoms with Crippen molar-refractivity contribution < 1.29 is 9.53 Å². The van der Waals surface area contributed by atoms with Crippen molar-refractivity contribution in [2.24, 2.45) is 0 Å². The van der Waals surface area contributed by atoms with E-state index in [1.165, 1.54) is 44.9 Å². The Morgan fingerprint density at radius 2 is 1.50 bits per heavy atom. The van der Waals surface area contributed by atoms with Crippen LogP contribution >= 0.6 is 0 Å². The van der Waals surface area contributed by atoms with E-state index >= 15 is 0 Å². The lowest BCUT2D eigenvalue weighted by atomic mass is 10.0. The molecule has 0 aliphatic heterocycles. The van der Waals surface area contributed by atoms with E-state index in [2.05, 4.69) is 13.8 Å².